The van der Waals surface area contributed by atoms with E-state index in [-0.39, 0.29) is 0 Å². The molecule has 0 saturated heterocycles. The number of allylic oxidation sites excluding steroid dienone is 1. The molecule has 0 aliphatic carbocycles. The van der Waals surface area contributed by atoms with Crippen molar-refractivity contribution in [3.8, 4) is 5.75 Å². The average molecular weight is 192 g/mol. The Balaban J connectivity index is 2.57. The van der Waals surface area contributed by atoms with Gasteiger partial charge in [0.25, 0.3) is 6.29 Å². The van der Waals surface area contributed by atoms with Crippen LogP contribution in [0.15, 0.2) is 42.5 Å². The van der Waals surface area contributed by atoms with Crippen molar-refractivity contribution < 1.29 is 14.6 Å². The van der Waals surface area contributed by atoms with E-state index < -0.39 is 12.1 Å². The van der Waals surface area contributed by atoms with Gasteiger partial charge in [0.05, 0.1) is 0 Å². The summed E-state index contributed by atoms with van der Waals surface area (Å²) in [5.41, 5.74) is 0. The van der Waals surface area contributed by atoms with Crippen molar-refractivity contribution in [3.63, 3.8) is 0 Å². The van der Waals surface area contributed by atoms with Crippen LogP contribution in [0.1, 0.15) is 6.92 Å². The molecular formula is C11H12O3. The third kappa shape index (κ3) is 3.03. The van der Waals surface area contributed by atoms with Gasteiger partial charge in [-0.25, -0.2) is 0 Å². The molecule has 1 N–H and O–H groups in total. The number of para-hydroxylation sites is 1. The van der Waals surface area contributed by atoms with Crippen molar-refractivity contribution in [3.05, 3.63) is 42.5 Å². The Labute approximate surface area is 82.6 Å². The zero-order valence-corrected chi connectivity index (χ0v) is 7.88. The Hall–Kier alpha value is -1.61. The fraction of sp³-hybridized carbons (Fsp3) is 0.182. The van der Waals surface area contributed by atoms with Crippen molar-refractivity contribution in [2.75, 3.05) is 0 Å². The molecule has 1 aromatic rings. The molecule has 0 aliphatic heterocycles. The number of aliphatic hydroxyl groups excluding tert-OH is 1. The van der Waals surface area contributed by atoms with Gasteiger partial charge in [0, 0.05) is 0 Å². The van der Waals surface area contributed by atoms with Gasteiger partial charge in [0.1, 0.15) is 5.75 Å². The Bertz CT molecular complexity index is 317. The van der Waals surface area contributed by atoms with E-state index in [0.717, 1.165) is 0 Å². The van der Waals surface area contributed by atoms with Crippen molar-refractivity contribution in [2.45, 2.75) is 13.2 Å². The number of benzene rings is 1. The first-order valence-corrected chi connectivity index (χ1v) is 4.30. The molecule has 0 fully saturated rings. The molecule has 0 radical (unpaired) electrons. The predicted octanol–water partition coefficient (Wildman–Crippen LogP) is 1.53. The van der Waals surface area contributed by atoms with E-state index in [9.17, 15) is 9.90 Å². The SMILES string of the molecule is CC=CC(=O)C(O)Oc1ccccc1. The Kier molecular flexibility index (Phi) is 3.88. The molecule has 1 unspecified atom stereocenters. The number of hydrogen-bond acceptors (Lipinski definition) is 3. The molecule has 0 amide bonds. The van der Waals surface area contributed by atoms with Crippen LogP contribution in [0.25, 0.3) is 0 Å². The highest BCUT2D eigenvalue weighted by atomic mass is 16.6. The van der Waals surface area contributed by atoms with Crippen LogP contribution in [0, 0.1) is 0 Å². The summed E-state index contributed by atoms with van der Waals surface area (Å²) in [6, 6.07) is 8.70. The fourth-order valence-corrected chi connectivity index (χ4v) is 0.933. The maximum absolute atomic E-state index is 11.1. The molecule has 1 atom stereocenters. The van der Waals surface area contributed by atoms with Crippen LogP contribution < -0.4 is 4.74 Å². The van der Waals surface area contributed by atoms with Crippen LogP contribution in [0.3, 0.4) is 0 Å². The monoisotopic (exact) mass is 192 g/mol. The topological polar surface area (TPSA) is 46.5 Å². The number of carbonyl (C=O) groups is 1. The lowest BCUT2D eigenvalue weighted by Crippen LogP contribution is -2.24. The summed E-state index contributed by atoms with van der Waals surface area (Å²) in [6.45, 7) is 1.70. The van der Waals surface area contributed by atoms with E-state index in [1.807, 2.05) is 6.07 Å². The van der Waals surface area contributed by atoms with Crippen LogP contribution in [0.5, 0.6) is 5.75 Å². The molecule has 14 heavy (non-hydrogen) atoms. The molecular weight excluding hydrogens is 180 g/mol. The van der Waals surface area contributed by atoms with E-state index in [1.54, 1.807) is 37.3 Å². The first-order chi connectivity index (χ1) is 6.74. The highest BCUT2D eigenvalue weighted by Crippen LogP contribution is 2.10. The summed E-state index contributed by atoms with van der Waals surface area (Å²) in [4.78, 5) is 11.1. The first-order valence-electron chi connectivity index (χ1n) is 4.30. The molecule has 0 heterocycles. The Morgan fingerprint density at radius 2 is 2.07 bits per heavy atom. The lowest BCUT2D eigenvalue weighted by Gasteiger charge is -2.09. The normalized spacial score (nSPS) is 12.7. The first kappa shape index (κ1) is 10.5. The third-order valence-electron chi connectivity index (χ3n) is 1.57. The van der Waals surface area contributed by atoms with Gasteiger partial charge in [0.2, 0.25) is 5.78 Å². The molecule has 0 aromatic heterocycles. The van der Waals surface area contributed by atoms with Crippen molar-refractivity contribution in [1.82, 2.24) is 0 Å². The number of rotatable bonds is 4. The van der Waals surface area contributed by atoms with E-state index >= 15 is 0 Å². The number of carbonyl (C=O) groups excluding carboxylic acids is 1. The average Bonchev–Trinajstić information content (AvgIpc) is 2.19. The fourth-order valence-electron chi connectivity index (χ4n) is 0.933. The Morgan fingerprint density at radius 3 is 2.64 bits per heavy atom. The van der Waals surface area contributed by atoms with Gasteiger partial charge in [0.15, 0.2) is 0 Å². The van der Waals surface area contributed by atoms with Crippen LogP contribution in [0.2, 0.25) is 0 Å². The van der Waals surface area contributed by atoms with E-state index in [4.69, 9.17) is 4.74 Å². The summed E-state index contributed by atoms with van der Waals surface area (Å²) < 4.78 is 4.98. The van der Waals surface area contributed by atoms with Crippen LogP contribution >= 0.6 is 0 Å². The molecule has 3 nitrogen and oxygen atoms in total. The number of ketones is 1. The van der Waals surface area contributed by atoms with Crippen LogP contribution in [-0.2, 0) is 4.79 Å². The maximum atomic E-state index is 11.1. The maximum Gasteiger partial charge on any atom is 0.261 e. The second kappa shape index (κ2) is 5.19. The van der Waals surface area contributed by atoms with Gasteiger partial charge in [-0.3, -0.25) is 4.79 Å². The summed E-state index contributed by atoms with van der Waals surface area (Å²) in [5.74, 6) is 0.00852. The van der Waals surface area contributed by atoms with Gasteiger partial charge in [-0.1, -0.05) is 24.3 Å². The summed E-state index contributed by atoms with van der Waals surface area (Å²) in [5, 5.41) is 9.28. The lowest BCUT2D eigenvalue weighted by molar-refractivity contribution is -0.135. The highest BCUT2D eigenvalue weighted by molar-refractivity contribution is 5.92. The number of hydrogen-bond donors (Lipinski definition) is 1. The van der Waals surface area contributed by atoms with Crippen LogP contribution in [0.4, 0.5) is 0 Å². The molecule has 1 aromatic carbocycles. The molecule has 0 spiro atoms. The van der Waals surface area contributed by atoms with Gasteiger partial charge in [-0.2, -0.15) is 0 Å². The molecule has 0 bridgehead atoms. The van der Waals surface area contributed by atoms with Crippen molar-refractivity contribution in [2.24, 2.45) is 0 Å². The molecule has 1 rings (SSSR count). The quantitative estimate of drug-likeness (QED) is 0.581. The van der Waals surface area contributed by atoms with Gasteiger partial charge >= 0.3 is 0 Å². The second-order valence-corrected chi connectivity index (χ2v) is 2.69. The van der Waals surface area contributed by atoms with Gasteiger partial charge in [-0.05, 0) is 25.1 Å². The minimum Gasteiger partial charge on any atom is -0.457 e. The van der Waals surface area contributed by atoms with Gasteiger partial charge in [-0.15, -0.1) is 0 Å². The standard InChI is InChI=1S/C11H12O3/c1-2-6-10(12)11(13)14-9-7-4-3-5-8-9/h2-8,11,13H,1H3. The smallest absolute Gasteiger partial charge is 0.261 e. The molecule has 74 valence electrons. The minimum absolute atomic E-state index is 0.462. The largest absolute Gasteiger partial charge is 0.457 e. The highest BCUT2D eigenvalue weighted by Gasteiger charge is 2.12. The molecule has 0 saturated carbocycles. The van der Waals surface area contributed by atoms with Crippen molar-refractivity contribution >= 4 is 5.78 Å². The lowest BCUT2D eigenvalue weighted by atomic mass is 10.3. The summed E-state index contributed by atoms with van der Waals surface area (Å²) >= 11 is 0. The summed E-state index contributed by atoms with van der Waals surface area (Å²) in [7, 11) is 0. The van der Waals surface area contributed by atoms with Crippen LogP contribution in [-0.4, -0.2) is 17.2 Å². The van der Waals surface area contributed by atoms with E-state index in [2.05, 4.69) is 0 Å². The van der Waals surface area contributed by atoms with E-state index in [0.29, 0.717) is 5.75 Å². The van der Waals surface area contributed by atoms with E-state index in [1.165, 1.54) is 6.08 Å². The molecule has 3 heteroatoms. The third-order valence-corrected chi connectivity index (χ3v) is 1.57. The van der Waals surface area contributed by atoms with Gasteiger partial charge < -0.3 is 9.84 Å². The second-order valence-electron chi connectivity index (χ2n) is 2.69. The Morgan fingerprint density at radius 1 is 1.43 bits per heavy atom. The number of ether oxygens (including phenoxy) is 1. The van der Waals surface area contributed by atoms with Crippen molar-refractivity contribution in [1.29, 1.82) is 0 Å². The number of aliphatic hydroxyl groups is 1. The zero-order chi connectivity index (χ0) is 10.4. The predicted molar refractivity (Wildman–Crippen MR) is 52.9 cm³/mol. The minimum atomic E-state index is -1.42. The molecule has 0 aliphatic rings. The zero-order valence-electron chi connectivity index (χ0n) is 7.88. The summed E-state index contributed by atoms with van der Waals surface area (Å²) in [6.07, 6.45) is 1.40.